The first-order valence-corrected chi connectivity index (χ1v) is 10.5. The Hall–Kier alpha value is -3.69. The number of hydrogen-bond donors (Lipinski definition) is 0. The topological polar surface area (TPSA) is 68.3 Å². The molecule has 0 fully saturated rings. The lowest BCUT2D eigenvalue weighted by Gasteiger charge is -2.32. The first-order chi connectivity index (χ1) is 15.7. The third kappa shape index (κ3) is 3.20. The number of fused-ring (bicyclic) bond motifs is 2. The Bertz CT molecular complexity index is 1420. The monoisotopic (exact) mass is 454 g/mol. The molecule has 0 unspecified atom stereocenters. The molecule has 1 aliphatic heterocycles. The second-order valence-electron chi connectivity index (χ2n) is 8.36. The maximum Gasteiger partial charge on any atom is 0.275 e. The number of imidazole rings is 1. The Kier molecular flexibility index (Phi) is 4.77. The molecule has 0 spiro atoms. The molecule has 0 saturated heterocycles. The van der Waals surface area contributed by atoms with Crippen molar-refractivity contribution in [3.8, 4) is 11.3 Å². The van der Waals surface area contributed by atoms with E-state index in [0.717, 1.165) is 23.3 Å². The summed E-state index contributed by atoms with van der Waals surface area (Å²) in [6.07, 6.45) is 2.10. The van der Waals surface area contributed by atoms with E-state index in [-0.39, 0.29) is 11.5 Å². The van der Waals surface area contributed by atoms with Gasteiger partial charge in [0.25, 0.3) is 5.91 Å². The molecule has 0 bridgehead atoms. The van der Waals surface area contributed by atoms with Crippen molar-refractivity contribution in [2.24, 2.45) is 7.05 Å². The van der Waals surface area contributed by atoms with Crippen molar-refractivity contribution in [2.75, 3.05) is 6.54 Å². The van der Waals surface area contributed by atoms with Gasteiger partial charge in [-0.15, -0.1) is 0 Å². The molecule has 0 N–H and O–H groups in total. The minimum atomic E-state index is -1.51. The Balaban J connectivity index is 1.54. The number of nitrogens with zero attached hydrogens (tertiary/aromatic N) is 6. The van der Waals surface area contributed by atoms with Crippen LogP contribution in [0.25, 0.3) is 16.9 Å². The zero-order valence-electron chi connectivity index (χ0n) is 18.5. The van der Waals surface area contributed by atoms with E-state index < -0.39 is 23.5 Å². The average molecular weight is 454 g/mol. The number of rotatable bonds is 2. The van der Waals surface area contributed by atoms with Gasteiger partial charge in [-0.2, -0.15) is 10.2 Å². The van der Waals surface area contributed by atoms with E-state index in [9.17, 15) is 18.0 Å². The molecule has 33 heavy (non-hydrogen) atoms. The van der Waals surface area contributed by atoms with Crippen molar-refractivity contribution in [3.05, 3.63) is 70.1 Å². The fourth-order valence-corrected chi connectivity index (χ4v) is 4.60. The predicted molar refractivity (Wildman–Crippen MR) is 114 cm³/mol. The van der Waals surface area contributed by atoms with Gasteiger partial charge >= 0.3 is 0 Å². The van der Waals surface area contributed by atoms with Crippen LogP contribution in [0.3, 0.4) is 0 Å². The Labute approximate surface area is 187 Å². The summed E-state index contributed by atoms with van der Waals surface area (Å²) in [5.74, 6) is -4.24. The van der Waals surface area contributed by atoms with Gasteiger partial charge in [0, 0.05) is 24.7 Å². The van der Waals surface area contributed by atoms with Crippen LogP contribution in [0.15, 0.2) is 24.4 Å². The van der Waals surface area contributed by atoms with E-state index >= 15 is 0 Å². The van der Waals surface area contributed by atoms with Crippen LogP contribution in [0.4, 0.5) is 13.2 Å². The summed E-state index contributed by atoms with van der Waals surface area (Å²) >= 11 is 0. The molecule has 3 aromatic heterocycles. The molecule has 170 valence electrons. The molecule has 10 heteroatoms. The minimum absolute atomic E-state index is 0.201. The summed E-state index contributed by atoms with van der Waals surface area (Å²) in [6.45, 7) is 5.91. The van der Waals surface area contributed by atoms with E-state index in [1.165, 1.54) is 4.68 Å². The van der Waals surface area contributed by atoms with E-state index in [4.69, 9.17) is 0 Å². The molecule has 5 rings (SSSR count). The van der Waals surface area contributed by atoms with Crippen molar-refractivity contribution in [1.29, 1.82) is 0 Å². The lowest BCUT2D eigenvalue weighted by atomic mass is 9.95. The molecular formula is C23H21F3N6O. The Morgan fingerprint density at radius 3 is 2.52 bits per heavy atom. The fraction of sp³-hybridized carbons (Fsp3) is 0.304. The molecule has 4 heterocycles. The number of carbonyl (C=O) groups is 1. The van der Waals surface area contributed by atoms with Crippen LogP contribution in [0.2, 0.25) is 0 Å². The summed E-state index contributed by atoms with van der Waals surface area (Å²) in [7, 11) is 1.66. The number of amides is 1. The van der Waals surface area contributed by atoms with Gasteiger partial charge in [-0.05, 0) is 51.0 Å². The highest BCUT2D eigenvalue weighted by atomic mass is 19.2. The van der Waals surface area contributed by atoms with Gasteiger partial charge < -0.3 is 4.90 Å². The van der Waals surface area contributed by atoms with Crippen LogP contribution in [0.1, 0.15) is 46.0 Å². The van der Waals surface area contributed by atoms with Crippen LogP contribution in [-0.2, 0) is 13.5 Å². The first-order valence-electron chi connectivity index (χ1n) is 10.5. The maximum absolute atomic E-state index is 13.9. The third-order valence-corrected chi connectivity index (χ3v) is 6.15. The fourth-order valence-electron chi connectivity index (χ4n) is 4.60. The molecule has 4 aromatic rings. The quantitative estimate of drug-likeness (QED) is 0.431. The number of benzene rings is 1. The molecule has 0 saturated carbocycles. The summed E-state index contributed by atoms with van der Waals surface area (Å²) in [6, 6.07) is 3.40. The van der Waals surface area contributed by atoms with Crippen molar-refractivity contribution in [2.45, 2.75) is 33.2 Å². The van der Waals surface area contributed by atoms with Crippen molar-refractivity contribution in [1.82, 2.24) is 29.3 Å². The highest BCUT2D eigenvalue weighted by Gasteiger charge is 2.35. The van der Waals surface area contributed by atoms with Crippen LogP contribution in [-0.4, -0.2) is 41.7 Å². The van der Waals surface area contributed by atoms with Gasteiger partial charge in [-0.25, -0.2) is 22.7 Å². The number of carbonyl (C=O) groups excluding carboxylic acids is 1. The van der Waals surface area contributed by atoms with Gasteiger partial charge in [-0.1, -0.05) is 0 Å². The average Bonchev–Trinajstić information content (AvgIpc) is 3.27. The molecule has 1 amide bonds. The smallest absolute Gasteiger partial charge is 0.275 e. The molecule has 7 nitrogen and oxygen atoms in total. The first kappa shape index (κ1) is 21.2. The SMILES string of the molecule is Cc1cnn2c(C(=O)N3CCc4c(nn(C)c4-c4cc(F)c(F)c(F)c4)[C@@H]3C)c(C)nc2c1. The van der Waals surface area contributed by atoms with Crippen molar-refractivity contribution >= 4 is 11.6 Å². The number of halogens is 3. The largest absolute Gasteiger partial charge is 0.329 e. The number of aryl methyl sites for hydroxylation is 3. The Morgan fingerprint density at radius 2 is 1.82 bits per heavy atom. The van der Waals surface area contributed by atoms with Crippen LogP contribution >= 0.6 is 0 Å². The summed E-state index contributed by atoms with van der Waals surface area (Å²) in [5.41, 5.74) is 4.63. The van der Waals surface area contributed by atoms with E-state index in [1.54, 1.807) is 29.6 Å². The zero-order chi connectivity index (χ0) is 23.6. The normalized spacial score (nSPS) is 15.8. The second-order valence-corrected chi connectivity index (χ2v) is 8.36. The van der Waals surface area contributed by atoms with E-state index in [2.05, 4.69) is 15.2 Å². The van der Waals surface area contributed by atoms with Crippen molar-refractivity contribution in [3.63, 3.8) is 0 Å². The molecule has 1 aliphatic rings. The molecule has 0 radical (unpaired) electrons. The van der Waals surface area contributed by atoms with Crippen molar-refractivity contribution < 1.29 is 18.0 Å². The standard InChI is InChI=1S/C23H21F3N6O/c1-11-7-18-28-12(2)21(32(18)27-10-11)23(33)31-6-5-15-20(13(31)3)29-30(4)22(15)14-8-16(24)19(26)17(25)9-14/h7-10,13H,5-6H2,1-4H3/t13-/m0/s1. The lowest BCUT2D eigenvalue weighted by Crippen LogP contribution is -2.39. The van der Waals surface area contributed by atoms with E-state index in [0.29, 0.717) is 41.4 Å². The highest BCUT2D eigenvalue weighted by molar-refractivity contribution is 5.95. The third-order valence-electron chi connectivity index (χ3n) is 6.15. The number of hydrogen-bond acceptors (Lipinski definition) is 4. The Morgan fingerprint density at radius 1 is 1.12 bits per heavy atom. The van der Waals surface area contributed by atoms with Crippen LogP contribution in [0.5, 0.6) is 0 Å². The predicted octanol–water partition coefficient (Wildman–Crippen LogP) is 3.92. The van der Waals surface area contributed by atoms with E-state index in [1.807, 2.05) is 19.9 Å². The van der Waals surface area contributed by atoms with Gasteiger partial charge in [0.2, 0.25) is 0 Å². The van der Waals surface area contributed by atoms with Gasteiger partial charge in [0.05, 0.1) is 29.3 Å². The highest BCUT2D eigenvalue weighted by Crippen LogP contribution is 2.37. The molecule has 1 atom stereocenters. The summed E-state index contributed by atoms with van der Waals surface area (Å²) in [4.78, 5) is 19.7. The minimum Gasteiger partial charge on any atom is -0.329 e. The second kappa shape index (κ2) is 7.43. The maximum atomic E-state index is 13.9. The summed E-state index contributed by atoms with van der Waals surface area (Å²) in [5, 5.41) is 8.90. The molecular weight excluding hydrogens is 433 g/mol. The molecule has 0 aliphatic carbocycles. The van der Waals surface area contributed by atoms with Crippen LogP contribution < -0.4 is 0 Å². The van der Waals surface area contributed by atoms with Gasteiger partial charge in [0.15, 0.2) is 28.8 Å². The zero-order valence-corrected chi connectivity index (χ0v) is 18.5. The van der Waals surface area contributed by atoms with Gasteiger partial charge in [-0.3, -0.25) is 9.48 Å². The molecule has 1 aromatic carbocycles. The van der Waals surface area contributed by atoms with Gasteiger partial charge in [0.1, 0.15) is 0 Å². The lowest BCUT2D eigenvalue weighted by molar-refractivity contribution is 0.0664. The van der Waals surface area contributed by atoms with Crippen LogP contribution in [0, 0.1) is 31.3 Å². The summed E-state index contributed by atoms with van der Waals surface area (Å²) < 4.78 is 44.3. The number of aromatic nitrogens is 5.